The van der Waals surface area contributed by atoms with Gasteiger partial charge in [-0.1, -0.05) is 18.2 Å². The summed E-state index contributed by atoms with van der Waals surface area (Å²) in [4.78, 5) is 8.88. The smallest absolute Gasteiger partial charge is 0.0954 e. The van der Waals surface area contributed by atoms with Gasteiger partial charge in [-0.15, -0.1) is 11.3 Å². The fraction of sp³-hybridized carbons (Fsp3) is 0.250. The molecule has 20 heavy (non-hydrogen) atoms. The number of aromatic nitrogens is 2. The SMILES string of the molecule is CNC(Cc1cccnc1)Cc1nc2ccccc2s1. The third kappa shape index (κ3) is 3.03. The number of para-hydroxylation sites is 1. The number of hydrogen-bond acceptors (Lipinski definition) is 4. The number of benzene rings is 1. The molecule has 4 heteroatoms. The van der Waals surface area contributed by atoms with Crippen LogP contribution in [0.25, 0.3) is 10.2 Å². The Kier molecular flexibility index (Phi) is 4.04. The van der Waals surface area contributed by atoms with Gasteiger partial charge in [0.2, 0.25) is 0 Å². The molecule has 3 nitrogen and oxygen atoms in total. The van der Waals surface area contributed by atoms with Crippen LogP contribution in [0.5, 0.6) is 0 Å². The molecule has 0 aliphatic carbocycles. The number of pyridine rings is 1. The molecule has 0 fully saturated rings. The van der Waals surface area contributed by atoms with E-state index < -0.39 is 0 Å². The van der Waals surface area contributed by atoms with Crippen LogP contribution in [0.3, 0.4) is 0 Å². The van der Waals surface area contributed by atoms with E-state index in [2.05, 4.69) is 34.6 Å². The predicted octanol–water partition coefficient (Wildman–Crippen LogP) is 3.06. The van der Waals surface area contributed by atoms with E-state index in [0.717, 1.165) is 18.4 Å². The third-order valence-corrected chi connectivity index (χ3v) is 4.43. The molecule has 1 aromatic carbocycles. The highest BCUT2D eigenvalue weighted by Gasteiger charge is 2.12. The molecule has 2 heterocycles. The lowest BCUT2D eigenvalue weighted by atomic mass is 10.1. The van der Waals surface area contributed by atoms with Gasteiger partial charge in [0.25, 0.3) is 0 Å². The van der Waals surface area contributed by atoms with Crippen molar-refractivity contribution in [2.45, 2.75) is 18.9 Å². The number of rotatable bonds is 5. The Bertz CT molecular complexity index is 645. The summed E-state index contributed by atoms with van der Waals surface area (Å²) in [6, 6.07) is 12.8. The highest BCUT2D eigenvalue weighted by molar-refractivity contribution is 7.18. The van der Waals surface area contributed by atoms with E-state index in [4.69, 9.17) is 4.98 Å². The molecule has 0 spiro atoms. The minimum Gasteiger partial charge on any atom is -0.316 e. The van der Waals surface area contributed by atoms with Gasteiger partial charge in [-0.3, -0.25) is 4.98 Å². The summed E-state index contributed by atoms with van der Waals surface area (Å²) in [7, 11) is 2.01. The average Bonchev–Trinajstić information content (AvgIpc) is 2.90. The molecule has 0 radical (unpaired) electrons. The molecule has 3 aromatic rings. The highest BCUT2D eigenvalue weighted by Crippen LogP contribution is 2.22. The van der Waals surface area contributed by atoms with E-state index in [1.165, 1.54) is 15.3 Å². The minimum atomic E-state index is 0.389. The Balaban J connectivity index is 1.74. The standard InChI is InChI=1S/C16H17N3S/c1-17-13(9-12-5-4-8-18-11-12)10-16-19-14-6-2-3-7-15(14)20-16/h2-8,11,13,17H,9-10H2,1H3. The Morgan fingerprint density at radius 1 is 1.15 bits per heavy atom. The molecule has 0 aliphatic rings. The molecule has 0 bridgehead atoms. The summed E-state index contributed by atoms with van der Waals surface area (Å²) in [5.74, 6) is 0. The minimum absolute atomic E-state index is 0.389. The maximum absolute atomic E-state index is 4.70. The van der Waals surface area contributed by atoms with Crippen LogP contribution in [0.4, 0.5) is 0 Å². The number of nitrogens with zero attached hydrogens (tertiary/aromatic N) is 2. The van der Waals surface area contributed by atoms with Gasteiger partial charge in [-0.25, -0.2) is 4.98 Å². The molecule has 1 atom stereocenters. The second kappa shape index (κ2) is 6.11. The topological polar surface area (TPSA) is 37.8 Å². The molecular formula is C16H17N3S. The van der Waals surface area contributed by atoms with Crippen LogP contribution < -0.4 is 5.32 Å². The van der Waals surface area contributed by atoms with Gasteiger partial charge < -0.3 is 5.32 Å². The van der Waals surface area contributed by atoms with Crippen molar-refractivity contribution in [3.05, 3.63) is 59.4 Å². The number of hydrogen-bond donors (Lipinski definition) is 1. The molecule has 0 saturated heterocycles. The average molecular weight is 283 g/mol. The first-order valence-electron chi connectivity index (χ1n) is 6.76. The molecule has 0 amide bonds. The summed E-state index contributed by atoms with van der Waals surface area (Å²) >= 11 is 1.78. The molecule has 1 N–H and O–H groups in total. The van der Waals surface area contributed by atoms with Gasteiger partial charge in [0.05, 0.1) is 15.2 Å². The lowest BCUT2D eigenvalue weighted by Crippen LogP contribution is -2.29. The quantitative estimate of drug-likeness (QED) is 0.782. The monoisotopic (exact) mass is 283 g/mol. The first-order valence-corrected chi connectivity index (χ1v) is 7.57. The fourth-order valence-electron chi connectivity index (χ4n) is 2.30. The van der Waals surface area contributed by atoms with Crippen LogP contribution >= 0.6 is 11.3 Å². The van der Waals surface area contributed by atoms with Crippen LogP contribution in [0.15, 0.2) is 48.8 Å². The summed E-state index contributed by atoms with van der Waals surface area (Å²) < 4.78 is 1.26. The molecule has 1 unspecified atom stereocenters. The van der Waals surface area contributed by atoms with E-state index in [0.29, 0.717) is 6.04 Å². The van der Waals surface area contributed by atoms with Gasteiger partial charge in [0, 0.05) is 24.9 Å². The Morgan fingerprint density at radius 3 is 2.80 bits per heavy atom. The zero-order valence-corrected chi connectivity index (χ0v) is 12.2. The fourth-order valence-corrected chi connectivity index (χ4v) is 3.34. The lowest BCUT2D eigenvalue weighted by Gasteiger charge is -2.14. The number of likely N-dealkylation sites (N-methyl/N-ethyl adjacent to an activating group) is 1. The van der Waals surface area contributed by atoms with Crippen molar-refractivity contribution >= 4 is 21.6 Å². The van der Waals surface area contributed by atoms with Crippen molar-refractivity contribution < 1.29 is 0 Å². The first-order chi connectivity index (χ1) is 9.85. The third-order valence-electron chi connectivity index (χ3n) is 3.37. The Labute approximate surface area is 122 Å². The number of nitrogens with one attached hydrogen (secondary N) is 1. The van der Waals surface area contributed by atoms with Crippen molar-refractivity contribution in [2.24, 2.45) is 0 Å². The molecule has 3 rings (SSSR count). The Hall–Kier alpha value is -1.78. The predicted molar refractivity (Wildman–Crippen MR) is 84.1 cm³/mol. The molecule has 0 aliphatic heterocycles. The molecule has 2 aromatic heterocycles. The summed E-state index contributed by atoms with van der Waals surface area (Å²) in [6.45, 7) is 0. The maximum Gasteiger partial charge on any atom is 0.0954 e. The Morgan fingerprint density at radius 2 is 2.05 bits per heavy atom. The van der Waals surface area contributed by atoms with Gasteiger partial charge in [0.15, 0.2) is 0 Å². The number of thiazole rings is 1. The van der Waals surface area contributed by atoms with Crippen LogP contribution in [-0.2, 0) is 12.8 Å². The van der Waals surface area contributed by atoms with Crippen LogP contribution in [0.2, 0.25) is 0 Å². The molecule has 0 saturated carbocycles. The maximum atomic E-state index is 4.70. The molecule has 102 valence electrons. The van der Waals surface area contributed by atoms with Gasteiger partial charge >= 0.3 is 0 Å². The van der Waals surface area contributed by atoms with E-state index in [-0.39, 0.29) is 0 Å². The highest BCUT2D eigenvalue weighted by atomic mass is 32.1. The van der Waals surface area contributed by atoms with Gasteiger partial charge in [-0.2, -0.15) is 0 Å². The zero-order chi connectivity index (χ0) is 13.8. The summed E-state index contributed by atoms with van der Waals surface area (Å²) in [5, 5.41) is 4.57. The van der Waals surface area contributed by atoms with Gasteiger partial charge in [0.1, 0.15) is 0 Å². The second-order valence-electron chi connectivity index (χ2n) is 4.83. The summed E-state index contributed by atoms with van der Waals surface area (Å²) in [6.07, 6.45) is 5.67. The van der Waals surface area contributed by atoms with Crippen molar-refractivity contribution in [1.29, 1.82) is 0 Å². The van der Waals surface area contributed by atoms with Crippen LogP contribution in [-0.4, -0.2) is 23.1 Å². The normalized spacial score (nSPS) is 12.7. The lowest BCUT2D eigenvalue weighted by molar-refractivity contribution is 0.555. The first kappa shape index (κ1) is 13.2. The van der Waals surface area contributed by atoms with E-state index in [1.54, 1.807) is 11.3 Å². The van der Waals surface area contributed by atoms with E-state index in [9.17, 15) is 0 Å². The molecular weight excluding hydrogens is 266 g/mol. The second-order valence-corrected chi connectivity index (χ2v) is 5.95. The van der Waals surface area contributed by atoms with Crippen LogP contribution in [0, 0.1) is 0 Å². The zero-order valence-electron chi connectivity index (χ0n) is 11.4. The van der Waals surface area contributed by atoms with Crippen molar-refractivity contribution in [1.82, 2.24) is 15.3 Å². The van der Waals surface area contributed by atoms with Crippen molar-refractivity contribution in [3.8, 4) is 0 Å². The number of fused-ring (bicyclic) bond motifs is 1. The van der Waals surface area contributed by atoms with E-state index in [1.807, 2.05) is 31.6 Å². The van der Waals surface area contributed by atoms with Crippen molar-refractivity contribution in [3.63, 3.8) is 0 Å². The van der Waals surface area contributed by atoms with Gasteiger partial charge in [-0.05, 0) is 37.2 Å². The largest absolute Gasteiger partial charge is 0.316 e. The van der Waals surface area contributed by atoms with Crippen LogP contribution in [0.1, 0.15) is 10.6 Å². The van der Waals surface area contributed by atoms with E-state index >= 15 is 0 Å². The van der Waals surface area contributed by atoms with Crippen molar-refractivity contribution in [2.75, 3.05) is 7.05 Å². The summed E-state index contributed by atoms with van der Waals surface area (Å²) in [5.41, 5.74) is 2.36.